The number of halogens is 1. The van der Waals surface area contributed by atoms with E-state index in [2.05, 4.69) is 4.98 Å². The molecule has 2 atom stereocenters. The second-order valence-electron chi connectivity index (χ2n) is 9.32. The van der Waals surface area contributed by atoms with Crippen LogP contribution in [0, 0.1) is 0 Å². The molecule has 6 heteroatoms. The Morgan fingerprint density at radius 1 is 1.00 bits per heavy atom. The molecule has 0 amide bonds. The number of pyridine rings is 1. The summed E-state index contributed by atoms with van der Waals surface area (Å²) in [5.41, 5.74) is 4.11. The zero-order valence-corrected chi connectivity index (χ0v) is 21.9. The molecule has 0 aliphatic heterocycles. The fourth-order valence-corrected chi connectivity index (χ4v) is 4.54. The Morgan fingerprint density at radius 3 is 2.65 bits per heavy atom. The minimum atomic E-state index is -1.16. The van der Waals surface area contributed by atoms with Crippen LogP contribution in [-0.2, 0) is 21.5 Å². The number of hydrogen-bond donors (Lipinski definition) is 2. The van der Waals surface area contributed by atoms with Gasteiger partial charge in [0, 0.05) is 17.5 Å². The van der Waals surface area contributed by atoms with Gasteiger partial charge < -0.3 is 19.7 Å². The first-order chi connectivity index (χ1) is 17.9. The Balaban J connectivity index is 1.43. The number of hydrogen-bond acceptors (Lipinski definition) is 5. The standard InChI is InChI=1S/C31H32ClNO4/c1-31(35,20-37-21-36-2)28-9-4-3-7-23(28)13-17-30(34)25-8-5-6-22(18-25)10-15-27-16-12-24-11-14-26(32)19-29(24)33-27/h3-12,14-16,18-19,30,34-35H,13,17,20-21H2,1-2H3/b15-10+/t30-,31-/m0/s1. The van der Waals surface area contributed by atoms with Crippen molar-refractivity contribution in [3.8, 4) is 0 Å². The van der Waals surface area contributed by atoms with E-state index >= 15 is 0 Å². The highest BCUT2D eigenvalue weighted by molar-refractivity contribution is 6.31. The molecule has 0 spiro atoms. The van der Waals surface area contributed by atoms with Crippen LogP contribution in [0.15, 0.2) is 78.9 Å². The molecule has 0 aliphatic rings. The zero-order chi connectivity index (χ0) is 26.3. The van der Waals surface area contributed by atoms with Crippen LogP contribution >= 0.6 is 11.6 Å². The fourth-order valence-electron chi connectivity index (χ4n) is 4.37. The Kier molecular flexibility index (Phi) is 9.09. The predicted molar refractivity (Wildman–Crippen MR) is 149 cm³/mol. The summed E-state index contributed by atoms with van der Waals surface area (Å²) in [6.45, 7) is 1.97. The van der Waals surface area contributed by atoms with E-state index in [0.29, 0.717) is 17.9 Å². The molecule has 192 valence electrons. The third-order valence-corrected chi connectivity index (χ3v) is 6.52. The number of methoxy groups -OCH3 is 1. The lowest BCUT2D eigenvalue weighted by atomic mass is 9.89. The lowest BCUT2D eigenvalue weighted by Gasteiger charge is -2.26. The average molecular weight is 518 g/mol. The average Bonchev–Trinajstić information content (AvgIpc) is 2.90. The first-order valence-electron chi connectivity index (χ1n) is 12.3. The van der Waals surface area contributed by atoms with E-state index in [4.69, 9.17) is 21.1 Å². The summed E-state index contributed by atoms with van der Waals surface area (Å²) < 4.78 is 10.3. The molecular weight excluding hydrogens is 486 g/mol. The predicted octanol–water partition coefficient (Wildman–Crippen LogP) is 6.55. The second-order valence-corrected chi connectivity index (χ2v) is 9.75. The van der Waals surface area contributed by atoms with E-state index in [1.165, 1.54) is 0 Å². The van der Waals surface area contributed by atoms with Gasteiger partial charge in [0.2, 0.25) is 0 Å². The Labute approximate surface area is 223 Å². The summed E-state index contributed by atoms with van der Waals surface area (Å²) in [6.07, 6.45) is 4.43. The maximum Gasteiger partial charge on any atom is 0.146 e. The Hall–Kier alpha value is -3.06. The number of aryl methyl sites for hydroxylation is 1. The summed E-state index contributed by atoms with van der Waals surface area (Å²) in [5.74, 6) is 0. The van der Waals surface area contributed by atoms with E-state index in [-0.39, 0.29) is 13.4 Å². The molecular formula is C31H32ClNO4. The normalized spacial score (nSPS) is 14.2. The minimum Gasteiger partial charge on any atom is -0.388 e. The molecule has 0 radical (unpaired) electrons. The van der Waals surface area contributed by atoms with Gasteiger partial charge in [-0.05, 0) is 72.4 Å². The molecule has 5 nitrogen and oxygen atoms in total. The Bertz CT molecular complexity index is 1370. The van der Waals surface area contributed by atoms with Crippen molar-refractivity contribution in [1.29, 1.82) is 0 Å². The van der Waals surface area contributed by atoms with Crippen LogP contribution < -0.4 is 0 Å². The Morgan fingerprint density at radius 2 is 1.81 bits per heavy atom. The summed E-state index contributed by atoms with van der Waals surface area (Å²) in [7, 11) is 1.55. The van der Waals surface area contributed by atoms with Crippen molar-refractivity contribution < 1.29 is 19.7 Å². The lowest BCUT2D eigenvalue weighted by molar-refractivity contribution is -0.0980. The smallest absolute Gasteiger partial charge is 0.146 e. The summed E-state index contributed by atoms with van der Waals surface area (Å²) in [4.78, 5) is 4.67. The number of aliphatic hydroxyl groups excluding tert-OH is 1. The molecule has 0 bridgehead atoms. The first-order valence-corrected chi connectivity index (χ1v) is 12.6. The van der Waals surface area contributed by atoms with Crippen LogP contribution in [0.4, 0.5) is 0 Å². The van der Waals surface area contributed by atoms with Crippen LogP contribution in [0.5, 0.6) is 0 Å². The first kappa shape index (κ1) is 27.0. The van der Waals surface area contributed by atoms with Crippen molar-refractivity contribution in [2.75, 3.05) is 20.5 Å². The molecule has 0 saturated carbocycles. The summed E-state index contributed by atoms with van der Waals surface area (Å²) in [6, 6.07) is 25.2. The van der Waals surface area contributed by atoms with Crippen molar-refractivity contribution in [2.45, 2.75) is 31.5 Å². The number of benzene rings is 3. The van der Waals surface area contributed by atoms with Crippen molar-refractivity contribution >= 4 is 34.7 Å². The van der Waals surface area contributed by atoms with Gasteiger partial charge in [0.25, 0.3) is 0 Å². The van der Waals surface area contributed by atoms with E-state index in [1.54, 1.807) is 14.0 Å². The zero-order valence-electron chi connectivity index (χ0n) is 21.1. The molecule has 1 aromatic heterocycles. The third-order valence-electron chi connectivity index (χ3n) is 6.29. The largest absolute Gasteiger partial charge is 0.388 e. The van der Waals surface area contributed by atoms with Gasteiger partial charge in [0.1, 0.15) is 12.4 Å². The van der Waals surface area contributed by atoms with Crippen molar-refractivity contribution in [1.82, 2.24) is 4.98 Å². The van der Waals surface area contributed by atoms with Crippen molar-refractivity contribution in [2.24, 2.45) is 0 Å². The van der Waals surface area contributed by atoms with Gasteiger partial charge >= 0.3 is 0 Å². The molecule has 1 heterocycles. The highest BCUT2D eigenvalue weighted by atomic mass is 35.5. The molecule has 37 heavy (non-hydrogen) atoms. The second kappa shape index (κ2) is 12.5. The SMILES string of the molecule is COCOC[C@](C)(O)c1ccccc1CC[C@H](O)c1cccc(/C=C/c2ccc3ccc(Cl)cc3n2)c1. The van der Waals surface area contributed by atoms with Crippen LogP contribution in [-0.4, -0.2) is 35.7 Å². The third kappa shape index (κ3) is 7.25. The van der Waals surface area contributed by atoms with Crippen LogP contribution in [0.25, 0.3) is 23.1 Å². The van der Waals surface area contributed by atoms with Crippen LogP contribution in [0.3, 0.4) is 0 Å². The van der Waals surface area contributed by atoms with Gasteiger partial charge in [-0.15, -0.1) is 0 Å². The van der Waals surface area contributed by atoms with Crippen molar-refractivity contribution in [3.63, 3.8) is 0 Å². The lowest BCUT2D eigenvalue weighted by Crippen LogP contribution is -2.29. The molecule has 4 rings (SSSR count). The maximum atomic E-state index is 11.0. The maximum absolute atomic E-state index is 11.0. The van der Waals surface area contributed by atoms with Gasteiger partial charge in [-0.25, -0.2) is 4.98 Å². The monoisotopic (exact) mass is 517 g/mol. The number of aromatic nitrogens is 1. The van der Waals surface area contributed by atoms with E-state index in [9.17, 15) is 10.2 Å². The summed E-state index contributed by atoms with van der Waals surface area (Å²) in [5, 5.41) is 23.6. The van der Waals surface area contributed by atoms with E-state index < -0.39 is 11.7 Å². The minimum absolute atomic E-state index is 0.118. The number of aliphatic hydroxyl groups is 2. The van der Waals surface area contributed by atoms with E-state index in [0.717, 1.165) is 38.9 Å². The molecule has 0 unspecified atom stereocenters. The number of nitrogens with zero attached hydrogens (tertiary/aromatic N) is 1. The quantitative estimate of drug-likeness (QED) is 0.174. The molecule has 2 N–H and O–H groups in total. The van der Waals surface area contributed by atoms with Crippen LogP contribution in [0.2, 0.25) is 5.02 Å². The van der Waals surface area contributed by atoms with Gasteiger partial charge in [0.15, 0.2) is 0 Å². The topological polar surface area (TPSA) is 71.8 Å². The fraction of sp³-hybridized carbons (Fsp3) is 0.258. The number of fused-ring (bicyclic) bond motifs is 1. The van der Waals surface area contributed by atoms with Crippen LogP contribution in [0.1, 0.15) is 47.4 Å². The number of ether oxygens (including phenoxy) is 2. The molecule has 0 aliphatic carbocycles. The number of rotatable bonds is 11. The molecule has 0 fully saturated rings. The summed E-state index contributed by atoms with van der Waals surface area (Å²) >= 11 is 6.11. The van der Waals surface area contributed by atoms with Gasteiger partial charge in [-0.2, -0.15) is 0 Å². The van der Waals surface area contributed by atoms with Gasteiger partial charge in [-0.3, -0.25) is 0 Å². The van der Waals surface area contributed by atoms with Gasteiger partial charge in [0.05, 0.1) is 23.9 Å². The molecule has 3 aromatic carbocycles. The highest BCUT2D eigenvalue weighted by Gasteiger charge is 2.26. The van der Waals surface area contributed by atoms with Crippen molar-refractivity contribution in [3.05, 3.63) is 112 Å². The van der Waals surface area contributed by atoms with Gasteiger partial charge in [-0.1, -0.05) is 72.3 Å². The highest BCUT2D eigenvalue weighted by Crippen LogP contribution is 2.28. The van der Waals surface area contributed by atoms with E-state index in [1.807, 2.05) is 91.0 Å². The molecule has 4 aromatic rings. The molecule has 0 saturated heterocycles.